The number of carbonyl (C=O) groups excluding carboxylic acids is 2. The van der Waals surface area contributed by atoms with Gasteiger partial charge in [-0.25, -0.2) is 9.78 Å². The molecule has 0 saturated carbocycles. The number of anilines is 1. The molecule has 0 bridgehead atoms. The molecular weight excluding hydrogens is 328 g/mol. The van der Waals surface area contributed by atoms with E-state index >= 15 is 0 Å². The fourth-order valence-electron chi connectivity index (χ4n) is 2.57. The Hall–Kier alpha value is -1.67. The van der Waals surface area contributed by atoms with Crippen LogP contribution in [0.4, 0.5) is 9.93 Å². The minimum Gasteiger partial charge on any atom is -0.444 e. The second-order valence-corrected chi connectivity index (χ2v) is 7.85. The van der Waals surface area contributed by atoms with Gasteiger partial charge in [-0.05, 0) is 40.5 Å². The van der Waals surface area contributed by atoms with Crippen LogP contribution in [0.5, 0.6) is 0 Å². The first-order valence-corrected chi connectivity index (χ1v) is 9.06. The number of hydrogen-bond acceptors (Lipinski definition) is 6. The lowest BCUT2D eigenvalue weighted by molar-refractivity contribution is -0.121. The van der Waals surface area contributed by atoms with Crippen LogP contribution in [0.2, 0.25) is 0 Å². The van der Waals surface area contributed by atoms with Crippen molar-refractivity contribution in [2.75, 3.05) is 18.4 Å². The van der Waals surface area contributed by atoms with E-state index in [-0.39, 0.29) is 24.1 Å². The summed E-state index contributed by atoms with van der Waals surface area (Å²) < 4.78 is 5.28. The number of likely N-dealkylation sites (tertiary alicyclic amines) is 1. The Morgan fingerprint density at radius 3 is 2.58 bits per heavy atom. The smallest absolute Gasteiger partial charge is 0.407 e. The molecule has 8 heteroatoms. The van der Waals surface area contributed by atoms with Crippen molar-refractivity contribution in [3.8, 4) is 0 Å². The van der Waals surface area contributed by atoms with Crippen LogP contribution in [0.25, 0.3) is 0 Å². The molecule has 7 nitrogen and oxygen atoms in total. The first kappa shape index (κ1) is 18.7. The predicted molar refractivity (Wildman–Crippen MR) is 94.2 cm³/mol. The van der Waals surface area contributed by atoms with Crippen molar-refractivity contribution < 1.29 is 14.3 Å². The summed E-state index contributed by atoms with van der Waals surface area (Å²) in [7, 11) is 0. The minimum absolute atomic E-state index is 0.0523. The molecule has 1 aromatic rings. The standard InChI is InChI=1S/C16H26N4O3S/c1-11(13(21)19-14-17-7-10-24-14)20-8-5-12(6-9-20)18-15(22)23-16(2,3)4/h7,10-12H,5-6,8-9H2,1-4H3,(H,18,22)(H,17,19,21). The lowest BCUT2D eigenvalue weighted by atomic mass is 10.0. The quantitative estimate of drug-likeness (QED) is 0.868. The number of aromatic nitrogens is 1. The summed E-state index contributed by atoms with van der Waals surface area (Å²) in [4.78, 5) is 30.2. The Morgan fingerprint density at radius 1 is 1.38 bits per heavy atom. The van der Waals surface area contributed by atoms with Crippen molar-refractivity contribution in [2.24, 2.45) is 0 Å². The van der Waals surface area contributed by atoms with Gasteiger partial charge in [-0.1, -0.05) is 0 Å². The highest BCUT2D eigenvalue weighted by Crippen LogP contribution is 2.17. The summed E-state index contributed by atoms with van der Waals surface area (Å²) in [5, 5.41) is 8.18. The van der Waals surface area contributed by atoms with E-state index in [2.05, 4.69) is 20.5 Å². The molecule has 134 valence electrons. The number of piperidine rings is 1. The van der Waals surface area contributed by atoms with Crippen LogP contribution in [-0.4, -0.2) is 52.7 Å². The number of thiazole rings is 1. The molecule has 1 aliphatic heterocycles. The van der Waals surface area contributed by atoms with E-state index in [9.17, 15) is 9.59 Å². The topological polar surface area (TPSA) is 83.6 Å². The molecule has 1 aromatic heterocycles. The summed E-state index contributed by atoms with van der Waals surface area (Å²) in [5.74, 6) is -0.0523. The summed E-state index contributed by atoms with van der Waals surface area (Å²) in [5.41, 5.74) is -0.493. The molecule has 24 heavy (non-hydrogen) atoms. The third-order valence-corrected chi connectivity index (χ3v) is 4.53. The van der Waals surface area contributed by atoms with Gasteiger partial charge >= 0.3 is 6.09 Å². The van der Waals surface area contributed by atoms with Gasteiger partial charge < -0.3 is 15.4 Å². The van der Waals surface area contributed by atoms with Crippen molar-refractivity contribution >= 4 is 28.5 Å². The van der Waals surface area contributed by atoms with E-state index in [0.717, 1.165) is 25.9 Å². The SMILES string of the molecule is CC(C(=O)Nc1nccs1)N1CCC(NC(=O)OC(C)(C)C)CC1. The summed E-state index contributed by atoms with van der Waals surface area (Å²) in [6.45, 7) is 8.94. The Labute approximate surface area is 146 Å². The van der Waals surface area contributed by atoms with Crippen LogP contribution >= 0.6 is 11.3 Å². The van der Waals surface area contributed by atoms with Crippen molar-refractivity contribution in [3.63, 3.8) is 0 Å². The molecule has 1 saturated heterocycles. The van der Waals surface area contributed by atoms with Gasteiger partial charge in [-0.2, -0.15) is 0 Å². The highest BCUT2D eigenvalue weighted by molar-refractivity contribution is 7.13. The minimum atomic E-state index is -0.493. The summed E-state index contributed by atoms with van der Waals surface area (Å²) in [6.07, 6.45) is 2.89. The van der Waals surface area contributed by atoms with Crippen LogP contribution in [0.3, 0.4) is 0 Å². The zero-order chi connectivity index (χ0) is 17.7. The lowest BCUT2D eigenvalue weighted by Gasteiger charge is -2.35. The first-order chi connectivity index (χ1) is 11.2. The van der Waals surface area contributed by atoms with Gasteiger partial charge in [-0.15, -0.1) is 11.3 Å². The molecule has 2 heterocycles. The first-order valence-electron chi connectivity index (χ1n) is 8.18. The number of rotatable bonds is 4. The van der Waals surface area contributed by atoms with E-state index < -0.39 is 5.60 Å². The van der Waals surface area contributed by atoms with Crippen LogP contribution in [-0.2, 0) is 9.53 Å². The highest BCUT2D eigenvalue weighted by Gasteiger charge is 2.28. The Balaban J connectivity index is 1.75. The van der Waals surface area contributed by atoms with E-state index in [4.69, 9.17) is 4.74 Å². The maximum atomic E-state index is 12.2. The lowest BCUT2D eigenvalue weighted by Crippen LogP contribution is -2.51. The molecule has 0 aromatic carbocycles. The number of alkyl carbamates (subject to hydrolysis) is 1. The molecule has 0 spiro atoms. The molecule has 1 fully saturated rings. The van der Waals surface area contributed by atoms with Crippen molar-refractivity contribution in [2.45, 2.75) is 58.2 Å². The molecule has 0 aliphatic carbocycles. The largest absolute Gasteiger partial charge is 0.444 e. The van der Waals surface area contributed by atoms with Gasteiger partial charge in [0.05, 0.1) is 6.04 Å². The molecule has 1 unspecified atom stereocenters. The average molecular weight is 354 g/mol. The summed E-state index contributed by atoms with van der Waals surface area (Å²) in [6, 6.07) is -0.137. The van der Waals surface area contributed by atoms with Crippen molar-refractivity contribution in [3.05, 3.63) is 11.6 Å². The number of ether oxygens (including phenoxy) is 1. The van der Waals surface area contributed by atoms with E-state index in [0.29, 0.717) is 5.13 Å². The van der Waals surface area contributed by atoms with Gasteiger partial charge in [0.2, 0.25) is 5.91 Å². The molecule has 1 aliphatic rings. The number of nitrogens with zero attached hydrogens (tertiary/aromatic N) is 2. The van der Waals surface area contributed by atoms with Gasteiger partial charge in [0.1, 0.15) is 5.60 Å². The van der Waals surface area contributed by atoms with Crippen molar-refractivity contribution in [1.29, 1.82) is 0 Å². The number of amides is 2. The normalized spacial score (nSPS) is 18.0. The Kier molecular flexibility index (Phi) is 6.17. The van der Waals surface area contributed by atoms with E-state index in [1.165, 1.54) is 11.3 Å². The van der Waals surface area contributed by atoms with Crippen molar-refractivity contribution in [1.82, 2.24) is 15.2 Å². The van der Waals surface area contributed by atoms with Gasteiger partial charge in [-0.3, -0.25) is 9.69 Å². The van der Waals surface area contributed by atoms with Crippen LogP contribution in [0.15, 0.2) is 11.6 Å². The number of carbonyl (C=O) groups is 2. The third-order valence-electron chi connectivity index (χ3n) is 3.84. The van der Waals surface area contributed by atoms with Gasteiger partial charge in [0.15, 0.2) is 5.13 Å². The molecular formula is C16H26N4O3S. The monoisotopic (exact) mass is 354 g/mol. The molecule has 2 amide bonds. The molecule has 2 rings (SSSR count). The number of hydrogen-bond donors (Lipinski definition) is 2. The zero-order valence-electron chi connectivity index (χ0n) is 14.7. The Bertz CT molecular complexity index is 548. The zero-order valence-corrected chi connectivity index (χ0v) is 15.5. The fourth-order valence-corrected chi connectivity index (χ4v) is 3.10. The summed E-state index contributed by atoms with van der Waals surface area (Å²) >= 11 is 1.40. The second kappa shape index (κ2) is 7.94. The Morgan fingerprint density at radius 2 is 2.04 bits per heavy atom. The van der Waals surface area contributed by atoms with Crippen LogP contribution in [0, 0.1) is 0 Å². The van der Waals surface area contributed by atoms with Crippen LogP contribution in [0.1, 0.15) is 40.5 Å². The van der Waals surface area contributed by atoms with Gasteiger partial charge in [0, 0.05) is 30.7 Å². The van der Waals surface area contributed by atoms with Gasteiger partial charge in [0.25, 0.3) is 0 Å². The maximum absolute atomic E-state index is 12.2. The highest BCUT2D eigenvalue weighted by atomic mass is 32.1. The number of nitrogens with one attached hydrogen (secondary N) is 2. The molecule has 0 radical (unpaired) electrons. The average Bonchev–Trinajstić information content (AvgIpc) is 2.98. The fraction of sp³-hybridized carbons (Fsp3) is 0.688. The van der Waals surface area contributed by atoms with Crippen LogP contribution < -0.4 is 10.6 Å². The second-order valence-electron chi connectivity index (χ2n) is 6.96. The van der Waals surface area contributed by atoms with E-state index in [1.807, 2.05) is 33.1 Å². The van der Waals surface area contributed by atoms with E-state index in [1.54, 1.807) is 6.20 Å². The maximum Gasteiger partial charge on any atom is 0.407 e. The predicted octanol–water partition coefficient (Wildman–Crippen LogP) is 2.46. The third kappa shape index (κ3) is 5.76. The molecule has 2 N–H and O–H groups in total. The molecule has 1 atom stereocenters.